The number of aromatic nitrogens is 1. The molecule has 0 unspecified atom stereocenters. The summed E-state index contributed by atoms with van der Waals surface area (Å²) in [5.74, 6) is 1.30. The summed E-state index contributed by atoms with van der Waals surface area (Å²) in [4.78, 5) is 13.0. The van der Waals surface area contributed by atoms with E-state index in [2.05, 4.69) is 5.32 Å². The molecule has 0 radical (unpaired) electrons. The predicted octanol–water partition coefficient (Wildman–Crippen LogP) is 4.63. The molecule has 1 N–H and O–H groups in total. The van der Waals surface area contributed by atoms with Crippen LogP contribution in [-0.2, 0) is 6.54 Å². The van der Waals surface area contributed by atoms with Crippen LogP contribution in [0.1, 0.15) is 29.9 Å². The van der Waals surface area contributed by atoms with Crippen molar-refractivity contribution in [2.75, 3.05) is 19.0 Å². The molecule has 3 rings (SSSR count). The Morgan fingerprint density at radius 1 is 1.15 bits per heavy atom. The number of hydrogen-bond acceptors (Lipinski definition) is 3. The fraction of sp³-hybridized carbons (Fsp3) is 0.286. The van der Waals surface area contributed by atoms with E-state index in [-0.39, 0.29) is 5.91 Å². The molecule has 0 atom stereocenters. The van der Waals surface area contributed by atoms with Gasteiger partial charge >= 0.3 is 0 Å². The molecule has 3 aromatic rings. The van der Waals surface area contributed by atoms with Gasteiger partial charge in [0.15, 0.2) is 0 Å². The monoisotopic (exact) mass is 352 g/mol. The maximum absolute atomic E-state index is 13.0. The van der Waals surface area contributed by atoms with Crippen LogP contribution in [-0.4, -0.2) is 24.2 Å². The van der Waals surface area contributed by atoms with Crippen molar-refractivity contribution in [2.45, 2.75) is 27.3 Å². The van der Waals surface area contributed by atoms with Gasteiger partial charge in [-0.15, -0.1) is 0 Å². The fourth-order valence-electron chi connectivity index (χ4n) is 3.31. The number of carbonyl (C=O) groups is 1. The first kappa shape index (κ1) is 17.9. The predicted molar refractivity (Wildman–Crippen MR) is 104 cm³/mol. The molecule has 136 valence electrons. The Hall–Kier alpha value is -2.95. The third kappa shape index (κ3) is 3.12. The number of carbonyl (C=O) groups excluding carboxylic acids is 1. The van der Waals surface area contributed by atoms with E-state index in [0.29, 0.717) is 30.3 Å². The highest BCUT2D eigenvalue weighted by Crippen LogP contribution is 2.31. The first-order valence-electron chi connectivity index (χ1n) is 8.80. The number of fused-ring (bicyclic) bond motifs is 1. The summed E-state index contributed by atoms with van der Waals surface area (Å²) >= 11 is 0. The van der Waals surface area contributed by atoms with Crippen LogP contribution < -0.4 is 14.8 Å². The summed E-state index contributed by atoms with van der Waals surface area (Å²) in [7, 11) is 1.59. The number of nitrogens with one attached hydrogen (secondary N) is 1. The number of aryl methyl sites for hydroxylation is 2. The van der Waals surface area contributed by atoms with Gasteiger partial charge in [-0.25, -0.2) is 0 Å². The lowest BCUT2D eigenvalue weighted by molar-refractivity contribution is 0.101. The number of amides is 1. The normalized spacial score (nSPS) is 10.8. The Morgan fingerprint density at radius 2 is 1.92 bits per heavy atom. The molecule has 0 aliphatic heterocycles. The largest absolute Gasteiger partial charge is 0.495 e. The molecule has 1 aromatic heterocycles. The summed E-state index contributed by atoms with van der Waals surface area (Å²) in [5, 5.41) is 4.01. The van der Waals surface area contributed by atoms with Crippen molar-refractivity contribution in [1.29, 1.82) is 0 Å². The highest BCUT2D eigenvalue weighted by atomic mass is 16.5. The minimum absolute atomic E-state index is 0.150. The topological polar surface area (TPSA) is 52.5 Å². The van der Waals surface area contributed by atoms with Crippen molar-refractivity contribution in [1.82, 2.24) is 4.57 Å². The third-order valence-corrected chi connectivity index (χ3v) is 4.49. The molecule has 0 saturated carbocycles. The molecular formula is C21H24N2O3. The van der Waals surface area contributed by atoms with Gasteiger partial charge < -0.3 is 19.4 Å². The Labute approximate surface area is 153 Å². The summed E-state index contributed by atoms with van der Waals surface area (Å²) in [6.45, 7) is 7.28. The number of hydrogen-bond donors (Lipinski definition) is 1. The SMILES string of the molecule is CCOc1ccc2c(c1)c(C)c(C(=O)Nc1ccccc1OC)n2CC. The first-order chi connectivity index (χ1) is 12.6. The zero-order valence-electron chi connectivity index (χ0n) is 15.6. The van der Waals surface area contributed by atoms with E-state index in [0.717, 1.165) is 22.2 Å². The lowest BCUT2D eigenvalue weighted by atomic mass is 10.1. The van der Waals surface area contributed by atoms with Gasteiger partial charge in [0.25, 0.3) is 5.91 Å². The van der Waals surface area contributed by atoms with E-state index in [9.17, 15) is 4.79 Å². The quantitative estimate of drug-likeness (QED) is 0.704. The summed E-state index contributed by atoms with van der Waals surface area (Å²) in [6.07, 6.45) is 0. The molecule has 0 bridgehead atoms. The van der Waals surface area contributed by atoms with E-state index in [1.54, 1.807) is 7.11 Å². The zero-order valence-corrected chi connectivity index (χ0v) is 15.6. The summed E-state index contributed by atoms with van der Waals surface area (Å²) < 4.78 is 13.0. The van der Waals surface area contributed by atoms with E-state index in [4.69, 9.17) is 9.47 Å². The van der Waals surface area contributed by atoms with Crippen molar-refractivity contribution in [3.8, 4) is 11.5 Å². The van der Waals surface area contributed by atoms with Crippen LogP contribution in [0.5, 0.6) is 11.5 Å². The van der Waals surface area contributed by atoms with Crippen molar-refractivity contribution in [3.63, 3.8) is 0 Å². The molecule has 0 aliphatic carbocycles. The van der Waals surface area contributed by atoms with Crippen LogP contribution in [0.15, 0.2) is 42.5 Å². The second kappa shape index (κ2) is 7.52. The van der Waals surface area contributed by atoms with E-state index >= 15 is 0 Å². The Balaban J connectivity index is 2.05. The van der Waals surface area contributed by atoms with E-state index in [1.165, 1.54) is 0 Å². The van der Waals surface area contributed by atoms with Gasteiger partial charge in [-0.1, -0.05) is 12.1 Å². The second-order valence-electron chi connectivity index (χ2n) is 5.98. The van der Waals surface area contributed by atoms with Crippen LogP contribution >= 0.6 is 0 Å². The second-order valence-corrected chi connectivity index (χ2v) is 5.98. The van der Waals surface area contributed by atoms with Gasteiger partial charge in [0.2, 0.25) is 0 Å². The lowest BCUT2D eigenvalue weighted by Crippen LogP contribution is -2.18. The van der Waals surface area contributed by atoms with Crippen molar-refractivity contribution < 1.29 is 14.3 Å². The molecule has 26 heavy (non-hydrogen) atoms. The minimum atomic E-state index is -0.150. The van der Waals surface area contributed by atoms with E-state index < -0.39 is 0 Å². The number of ether oxygens (including phenoxy) is 2. The van der Waals surface area contributed by atoms with Crippen molar-refractivity contribution in [3.05, 3.63) is 53.7 Å². The number of methoxy groups -OCH3 is 1. The molecule has 1 amide bonds. The highest BCUT2D eigenvalue weighted by molar-refractivity contribution is 6.09. The van der Waals surface area contributed by atoms with Crippen LogP contribution in [0.4, 0.5) is 5.69 Å². The molecule has 2 aromatic carbocycles. The van der Waals surface area contributed by atoms with Crippen LogP contribution in [0.3, 0.4) is 0 Å². The summed E-state index contributed by atoms with van der Waals surface area (Å²) in [6, 6.07) is 13.4. The highest BCUT2D eigenvalue weighted by Gasteiger charge is 2.21. The molecule has 0 spiro atoms. The van der Waals surface area contributed by atoms with Gasteiger partial charge in [-0.3, -0.25) is 4.79 Å². The molecule has 0 saturated heterocycles. The Bertz CT molecular complexity index is 944. The molecule has 5 nitrogen and oxygen atoms in total. The third-order valence-electron chi connectivity index (χ3n) is 4.49. The zero-order chi connectivity index (χ0) is 18.7. The smallest absolute Gasteiger partial charge is 0.272 e. The molecule has 1 heterocycles. The number of anilines is 1. The van der Waals surface area contributed by atoms with Gasteiger partial charge in [0.05, 0.1) is 19.4 Å². The lowest BCUT2D eigenvalue weighted by Gasteiger charge is -2.12. The van der Waals surface area contributed by atoms with Crippen LogP contribution in [0, 0.1) is 6.92 Å². The first-order valence-corrected chi connectivity index (χ1v) is 8.80. The molecular weight excluding hydrogens is 328 g/mol. The average Bonchev–Trinajstić information content (AvgIpc) is 2.94. The maximum atomic E-state index is 13.0. The molecule has 0 aliphatic rings. The number of nitrogens with zero attached hydrogens (tertiary/aromatic N) is 1. The standard InChI is InChI=1S/C21H24N2O3/c1-5-23-18-12-11-15(26-6-2)13-16(18)14(3)20(23)21(24)22-17-9-7-8-10-19(17)25-4/h7-13H,5-6H2,1-4H3,(H,22,24). The maximum Gasteiger partial charge on any atom is 0.272 e. The number of rotatable bonds is 6. The van der Waals surface area contributed by atoms with Crippen molar-refractivity contribution in [2.24, 2.45) is 0 Å². The number of para-hydroxylation sites is 2. The van der Waals surface area contributed by atoms with E-state index in [1.807, 2.05) is 67.8 Å². The van der Waals surface area contributed by atoms with Crippen LogP contribution in [0.2, 0.25) is 0 Å². The minimum Gasteiger partial charge on any atom is -0.495 e. The average molecular weight is 352 g/mol. The van der Waals surface area contributed by atoms with Gasteiger partial charge in [-0.05, 0) is 56.7 Å². The fourth-order valence-corrected chi connectivity index (χ4v) is 3.31. The van der Waals surface area contributed by atoms with Crippen molar-refractivity contribution >= 4 is 22.5 Å². The van der Waals surface area contributed by atoms with Gasteiger partial charge in [-0.2, -0.15) is 0 Å². The molecule has 5 heteroatoms. The van der Waals surface area contributed by atoms with Gasteiger partial charge in [0.1, 0.15) is 17.2 Å². The Kier molecular flexibility index (Phi) is 5.16. The van der Waals surface area contributed by atoms with Gasteiger partial charge in [0, 0.05) is 17.4 Å². The number of benzene rings is 2. The molecule has 0 fully saturated rings. The Morgan fingerprint density at radius 3 is 2.62 bits per heavy atom. The summed E-state index contributed by atoms with van der Waals surface area (Å²) in [5.41, 5.74) is 3.28. The van der Waals surface area contributed by atoms with Crippen LogP contribution in [0.25, 0.3) is 10.9 Å².